The molecule has 21 heavy (non-hydrogen) atoms. The van der Waals surface area contributed by atoms with Crippen LogP contribution in [0.25, 0.3) is 11.2 Å². The molecule has 8 heteroatoms. The molecule has 0 unspecified atom stereocenters. The zero-order chi connectivity index (χ0) is 15.1. The normalized spacial score (nSPS) is 10.8. The minimum Gasteiger partial charge on any atom is -0.353 e. The average molecular weight is 291 g/mol. The number of carbonyl (C=O) groups is 1. The molecule has 8 nitrogen and oxygen atoms in total. The van der Waals surface area contributed by atoms with Crippen molar-refractivity contribution in [1.82, 2.24) is 30.6 Å². The lowest BCUT2D eigenvalue weighted by atomic mass is 10.4. The topological polar surface area (TPSA) is 98.8 Å². The van der Waals surface area contributed by atoms with Crippen LogP contribution in [0.15, 0.2) is 12.7 Å². The number of rotatable bonds is 8. The van der Waals surface area contributed by atoms with Crippen molar-refractivity contribution >= 4 is 22.9 Å². The molecule has 1 amide bonds. The van der Waals surface area contributed by atoms with Crippen LogP contribution in [0.2, 0.25) is 0 Å². The van der Waals surface area contributed by atoms with Gasteiger partial charge < -0.3 is 20.5 Å². The van der Waals surface area contributed by atoms with E-state index in [2.05, 4.69) is 37.5 Å². The molecule has 0 saturated heterocycles. The van der Waals surface area contributed by atoms with Gasteiger partial charge in [0.1, 0.15) is 11.8 Å². The lowest BCUT2D eigenvalue weighted by Crippen LogP contribution is -2.38. The van der Waals surface area contributed by atoms with Gasteiger partial charge in [0.25, 0.3) is 0 Å². The van der Waals surface area contributed by atoms with E-state index in [1.54, 1.807) is 11.2 Å². The number of aromatic amines is 1. The van der Waals surface area contributed by atoms with Crippen LogP contribution in [0.5, 0.6) is 0 Å². The fourth-order valence-corrected chi connectivity index (χ4v) is 1.98. The second kappa shape index (κ2) is 7.53. The number of anilines is 1. The predicted molar refractivity (Wildman–Crippen MR) is 81.1 cm³/mol. The molecule has 0 saturated carbocycles. The maximum Gasteiger partial charge on any atom is 0.239 e. The molecule has 2 heterocycles. The molecule has 2 rings (SSSR count). The van der Waals surface area contributed by atoms with E-state index in [0.29, 0.717) is 18.0 Å². The number of nitrogens with zero attached hydrogens (tertiary/aromatic N) is 4. The molecular formula is C13H21N7O. The highest BCUT2D eigenvalue weighted by Crippen LogP contribution is 2.17. The van der Waals surface area contributed by atoms with Gasteiger partial charge in [-0.25, -0.2) is 15.0 Å². The summed E-state index contributed by atoms with van der Waals surface area (Å²) < 4.78 is 0. The maximum absolute atomic E-state index is 11.9. The Bertz CT molecular complexity index is 583. The first-order valence-electron chi connectivity index (χ1n) is 7.05. The Balaban J connectivity index is 1.85. The van der Waals surface area contributed by atoms with Gasteiger partial charge in [-0.15, -0.1) is 0 Å². The first kappa shape index (κ1) is 15.2. The fraction of sp³-hybridized carbons (Fsp3) is 0.538. The number of hydrogen-bond donors (Lipinski definition) is 3. The number of hydrogen-bond acceptors (Lipinski definition) is 6. The summed E-state index contributed by atoms with van der Waals surface area (Å²) in [5.41, 5.74) is 1.33. The Morgan fingerprint density at radius 3 is 2.95 bits per heavy atom. The fourth-order valence-electron chi connectivity index (χ4n) is 1.98. The van der Waals surface area contributed by atoms with Crippen molar-refractivity contribution in [2.24, 2.45) is 0 Å². The Morgan fingerprint density at radius 1 is 1.29 bits per heavy atom. The van der Waals surface area contributed by atoms with E-state index in [1.807, 2.05) is 7.05 Å². The Morgan fingerprint density at radius 2 is 2.14 bits per heavy atom. The molecule has 0 radical (unpaired) electrons. The summed E-state index contributed by atoms with van der Waals surface area (Å²) in [5.74, 6) is 0.624. The summed E-state index contributed by atoms with van der Waals surface area (Å²) in [6, 6.07) is 0. The van der Waals surface area contributed by atoms with Gasteiger partial charge in [0.15, 0.2) is 11.5 Å². The third-order valence-corrected chi connectivity index (χ3v) is 3.00. The Labute approximate surface area is 123 Å². The molecule has 0 fully saturated rings. The van der Waals surface area contributed by atoms with Crippen molar-refractivity contribution in [2.75, 3.05) is 38.1 Å². The van der Waals surface area contributed by atoms with Gasteiger partial charge in [-0.05, 0) is 13.0 Å². The summed E-state index contributed by atoms with van der Waals surface area (Å²) in [6.45, 7) is 4.71. The van der Waals surface area contributed by atoms with Gasteiger partial charge >= 0.3 is 0 Å². The summed E-state index contributed by atoms with van der Waals surface area (Å²) in [6.07, 6.45) is 4.10. The monoisotopic (exact) mass is 291 g/mol. The SMILES string of the molecule is CCCNCCNC(=O)CN(C)c1ncnc2nc[nH]c12. The van der Waals surface area contributed by atoms with Gasteiger partial charge in [0.2, 0.25) is 5.91 Å². The molecule has 0 atom stereocenters. The molecular weight excluding hydrogens is 270 g/mol. The number of imidazole rings is 1. The number of H-pyrrole nitrogens is 1. The highest BCUT2D eigenvalue weighted by molar-refractivity contribution is 5.86. The van der Waals surface area contributed by atoms with Crippen molar-refractivity contribution in [3.05, 3.63) is 12.7 Å². The van der Waals surface area contributed by atoms with Gasteiger partial charge in [0, 0.05) is 20.1 Å². The van der Waals surface area contributed by atoms with Crippen LogP contribution in [-0.2, 0) is 4.79 Å². The molecule has 114 valence electrons. The maximum atomic E-state index is 11.9. The molecule has 0 aliphatic rings. The smallest absolute Gasteiger partial charge is 0.239 e. The molecule has 0 aromatic carbocycles. The number of aromatic nitrogens is 4. The highest BCUT2D eigenvalue weighted by atomic mass is 16.2. The number of fused-ring (bicyclic) bond motifs is 1. The molecule has 0 spiro atoms. The zero-order valence-electron chi connectivity index (χ0n) is 12.4. The third-order valence-electron chi connectivity index (χ3n) is 3.00. The van der Waals surface area contributed by atoms with E-state index in [9.17, 15) is 4.79 Å². The molecule has 0 bridgehead atoms. The van der Waals surface area contributed by atoms with E-state index in [-0.39, 0.29) is 12.5 Å². The second-order valence-electron chi connectivity index (χ2n) is 4.75. The van der Waals surface area contributed by atoms with E-state index < -0.39 is 0 Å². The van der Waals surface area contributed by atoms with Crippen molar-refractivity contribution in [2.45, 2.75) is 13.3 Å². The summed E-state index contributed by atoms with van der Waals surface area (Å²) in [5, 5.41) is 6.11. The number of carbonyl (C=O) groups excluding carboxylic acids is 1. The quantitative estimate of drug-likeness (QED) is 0.588. The Kier molecular flexibility index (Phi) is 5.44. The van der Waals surface area contributed by atoms with Gasteiger partial charge in [-0.2, -0.15) is 0 Å². The first-order chi connectivity index (χ1) is 10.2. The van der Waals surface area contributed by atoms with Crippen LogP contribution in [0.3, 0.4) is 0 Å². The molecule has 3 N–H and O–H groups in total. The molecule has 0 aliphatic carbocycles. The summed E-state index contributed by atoms with van der Waals surface area (Å²) in [4.78, 5) is 29.0. The van der Waals surface area contributed by atoms with Crippen molar-refractivity contribution in [3.63, 3.8) is 0 Å². The molecule has 2 aromatic heterocycles. The predicted octanol–water partition coefficient (Wildman–Crippen LogP) is -0.0951. The highest BCUT2D eigenvalue weighted by Gasteiger charge is 2.13. The molecule has 2 aromatic rings. The average Bonchev–Trinajstić information content (AvgIpc) is 2.95. The largest absolute Gasteiger partial charge is 0.353 e. The van der Waals surface area contributed by atoms with Crippen LogP contribution >= 0.6 is 0 Å². The Hall–Kier alpha value is -2.22. The first-order valence-corrected chi connectivity index (χ1v) is 7.05. The van der Waals surface area contributed by atoms with E-state index in [4.69, 9.17) is 0 Å². The zero-order valence-corrected chi connectivity index (χ0v) is 12.4. The van der Waals surface area contributed by atoms with Crippen LogP contribution < -0.4 is 15.5 Å². The summed E-state index contributed by atoms with van der Waals surface area (Å²) >= 11 is 0. The summed E-state index contributed by atoms with van der Waals surface area (Å²) in [7, 11) is 1.82. The minimum atomic E-state index is -0.0397. The number of amides is 1. The van der Waals surface area contributed by atoms with Crippen LogP contribution in [-0.4, -0.2) is 59.1 Å². The lowest BCUT2D eigenvalue weighted by Gasteiger charge is -2.17. The number of nitrogens with one attached hydrogen (secondary N) is 3. The third kappa shape index (κ3) is 4.12. The van der Waals surface area contributed by atoms with E-state index in [0.717, 1.165) is 25.0 Å². The number of likely N-dealkylation sites (N-methyl/N-ethyl adjacent to an activating group) is 1. The standard InChI is InChI=1S/C13H21N7O/c1-3-4-14-5-6-15-10(21)7-20(2)13-11-12(17-8-16-11)18-9-19-13/h8-9,14H,3-7H2,1-2H3,(H,15,21)(H,16,17,18,19). The van der Waals surface area contributed by atoms with Crippen molar-refractivity contribution in [1.29, 1.82) is 0 Å². The van der Waals surface area contributed by atoms with Gasteiger partial charge in [-0.3, -0.25) is 4.79 Å². The van der Waals surface area contributed by atoms with E-state index >= 15 is 0 Å². The molecule has 0 aliphatic heterocycles. The minimum absolute atomic E-state index is 0.0397. The van der Waals surface area contributed by atoms with Gasteiger partial charge in [0.05, 0.1) is 12.9 Å². The van der Waals surface area contributed by atoms with E-state index in [1.165, 1.54) is 6.33 Å². The lowest BCUT2D eigenvalue weighted by molar-refractivity contribution is -0.119. The van der Waals surface area contributed by atoms with Crippen LogP contribution in [0.4, 0.5) is 5.82 Å². The van der Waals surface area contributed by atoms with Crippen molar-refractivity contribution < 1.29 is 4.79 Å². The van der Waals surface area contributed by atoms with Gasteiger partial charge in [-0.1, -0.05) is 6.92 Å². The second-order valence-corrected chi connectivity index (χ2v) is 4.75. The van der Waals surface area contributed by atoms with Crippen LogP contribution in [0.1, 0.15) is 13.3 Å². The van der Waals surface area contributed by atoms with Crippen LogP contribution in [0, 0.1) is 0 Å². The van der Waals surface area contributed by atoms with Crippen molar-refractivity contribution in [3.8, 4) is 0 Å².